The van der Waals surface area contributed by atoms with E-state index in [2.05, 4.69) is 25.1 Å². The van der Waals surface area contributed by atoms with Gasteiger partial charge in [-0.2, -0.15) is 4.98 Å². The van der Waals surface area contributed by atoms with E-state index in [0.717, 1.165) is 72.2 Å². The van der Waals surface area contributed by atoms with Crippen LogP contribution in [0.1, 0.15) is 19.3 Å². The second kappa shape index (κ2) is 16.8. The zero-order valence-corrected chi connectivity index (χ0v) is 30.3. The molecule has 2 aromatic heterocycles. The Morgan fingerprint density at radius 2 is 1.50 bits per heavy atom. The molecule has 0 unspecified atom stereocenters. The minimum atomic E-state index is -0.0488. The number of likely N-dealkylation sites (N-methyl/N-ethyl adjacent to an activating group) is 1. The average molecular weight is 717 g/mol. The number of hydrogen-bond donors (Lipinski definition) is 2. The van der Waals surface area contributed by atoms with E-state index >= 15 is 0 Å². The molecule has 6 rings (SSSR count). The maximum atomic E-state index is 12.1. The number of rotatable bonds is 15. The van der Waals surface area contributed by atoms with Gasteiger partial charge in [0, 0.05) is 75.8 Å². The van der Waals surface area contributed by atoms with E-state index < -0.39 is 0 Å². The van der Waals surface area contributed by atoms with Crippen molar-refractivity contribution in [2.24, 2.45) is 11.7 Å². The van der Waals surface area contributed by atoms with Gasteiger partial charge in [0.1, 0.15) is 24.6 Å². The molecule has 16 heteroatoms. The van der Waals surface area contributed by atoms with Crippen molar-refractivity contribution in [2.75, 3.05) is 109 Å². The van der Waals surface area contributed by atoms with E-state index in [1.54, 1.807) is 32.6 Å². The van der Waals surface area contributed by atoms with Crippen LogP contribution in [-0.2, 0) is 9.59 Å². The molecule has 2 aliphatic rings. The SMILES string of the molecule is COc1cc2nc(N(C)CCOc3cc4ncnc(N5CCN(C(=O)CN)CC5)c4cc3OC)nc(N3CCC(CCNC=O)CC3)c2cc1OC. The second-order valence-electron chi connectivity index (χ2n) is 12.9. The van der Waals surface area contributed by atoms with Crippen LogP contribution in [-0.4, -0.2) is 131 Å². The summed E-state index contributed by atoms with van der Waals surface area (Å²) >= 11 is 0. The highest BCUT2D eigenvalue weighted by atomic mass is 16.5. The molecule has 0 spiro atoms. The first kappa shape index (κ1) is 36.4. The minimum Gasteiger partial charge on any atom is -0.493 e. The first-order valence-electron chi connectivity index (χ1n) is 17.6. The van der Waals surface area contributed by atoms with Gasteiger partial charge >= 0.3 is 0 Å². The Morgan fingerprint density at radius 1 is 0.865 bits per heavy atom. The quantitative estimate of drug-likeness (QED) is 0.135. The van der Waals surface area contributed by atoms with Gasteiger partial charge in [-0.1, -0.05) is 0 Å². The fourth-order valence-electron chi connectivity index (χ4n) is 6.88. The molecule has 16 nitrogen and oxygen atoms in total. The zero-order chi connectivity index (χ0) is 36.6. The van der Waals surface area contributed by atoms with Crippen molar-refractivity contribution < 1.29 is 28.5 Å². The van der Waals surface area contributed by atoms with Gasteiger partial charge in [-0.15, -0.1) is 0 Å². The first-order chi connectivity index (χ1) is 25.4. The summed E-state index contributed by atoms with van der Waals surface area (Å²) in [5.74, 6) is 5.03. The number of benzene rings is 2. The van der Waals surface area contributed by atoms with Crippen molar-refractivity contribution in [1.29, 1.82) is 0 Å². The second-order valence-corrected chi connectivity index (χ2v) is 12.9. The fourth-order valence-corrected chi connectivity index (χ4v) is 6.88. The van der Waals surface area contributed by atoms with E-state index in [1.807, 2.05) is 36.2 Å². The molecule has 0 saturated carbocycles. The number of anilines is 3. The number of hydrogen-bond acceptors (Lipinski definition) is 14. The third kappa shape index (κ3) is 7.91. The van der Waals surface area contributed by atoms with Gasteiger partial charge in [0.15, 0.2) is 23.0 Å². The standard InChI is InChI=1S/C36H48N10O6/c1-43(15-16-52-32-19-27-25(17-30(32)50-3)34(40-22-39-27)46-13-11-44(12-14-46)33(48)21-37)36-41-28-20-31(51-4)29(49-2)18-26(28)35(42-36)45-9-6-24(7-10-45)5-8-38-23-47/h17-20,22-24H,5-16,21,37H2,1-4H3,(H,38,47). The van der Waals surface area contributed by atoms with Crippen molar-refractivity contribution in [1.82, 2.24) is 30.2 Å². The Labute approximate surface area is 303 Å². The van der Waals surface area contributed by atoms with E-state index in [9.17, 15) is 9.59 Å². The van der Waals surface area contributed by atoms with E-state index in [1.165, 1.54) is 0 Å². The molecular weight excluding hydrogens is 668 g/mol. The summed E-state index contributed by atoms with van der Waals surface area (Å²) in [4.78, 5) is 50.1. The molecule has 2 amide bonds. The van der Waals surface area contributed by atoms with Gasteiger partial charge in [0.05, 0.1) is 45.5 Å². The van der Waals surface area contributed by atoms with Crippen LogP contribution in [0.5, 0.6) is 23.0 Å². The van der Waals surface area contributed by atoms with Crippen LogP contribution in [0.15, 0.2) is 30.6 Å². The van der Waals surface area contributed by atoms with Crippen molar-refractivity contribution in [2.45, 2.75) is 19.3 Å². The van der Waals surface area contributed by atoms with Gasteiger partial charge in [-0.25, -0.2) is 15.0 Å². The van der Waals surface area contributed by atoms with Crippen LogP contribution in [0.25, 0.3) is 21.8 Å². The molecule has 0 atom stereocenters. The Kier molecular flexibility index (Phi) is 11.7. The summed E-state index contributed by atoms with van der Waals surface area (Å²) in [6.45, 7) is 5.65. The number of amides is 2. The Bertz CT molecular complexity index is 1860. The predicted octanol–water partition coefficient (Wildman–Crippen LogP) is 2.07. The van der Waals surface area contributed by atoms with E-state index in [0.29, 0.717) is 80.7 Å². The third-order valence-electron chi connectivity index (χ3n) is 9.90. The van der Waals surface area contributed by atoms with Gasteiger partial charge in [-0.05, 0) is 37.3 Å². The molecule has 0 radical (unpaired) electrons. The summed E-state index contributed by atoms with van der Waals surface area (Å²) < 4.78 is 23.3. The maximum Gasteiger partial charge on any atom is 0.236 e. The average Bonchev–Trinajstić information content (AvgIpc) is 3.19. The van der Waals surface area contributed by atoms with Crippen LogP contribution in [0.4, 0.5) is 17.6 Å². The summed E-state index contributed by atoms with van der Waals surface area (Å²) in [5.41, 5.74) is 7.04. The number of piperazine rings is 1. The smallest absolute Gasteiger partial charge is 0.236 e. The molecule has 0 aliphatic carbocycles. The number of nitrogens with zero attached hydrogens (tertiary/aromatic N) is 8. The fraction of sp³-hybridized carbons (Fsp3) is 0.500. The van der Waals surface area contributed by atoms with Crippen molar-refractivity contribution in [3.05, 3.63) is 30.6 Å². The normalized spacial score (nSPS) is 15.1. The van der Waals surface area contributed by atoms with Gasteiger partial charge in [0.25, 0.3) is 0 Å². The first-order valence-corrected chi connectivity index (χ1v) is 17.6. The molecule has 4 aromatic rings. The third-order valence-corrected chi connectivity index (χ3v) is 9.90. The lowest BCUT2D eigenvalue weighted by molar-refractivity contribution is -0.129. The van der Waals surface area contributed by atoms with Gasteiger partial charge in [-0.3, -0.25) is 9.59 Å². The lowest BCUT2D eigenvalue weighted by atomic mass is 9.93. The Hall–Kier alpha value is -5.38. The van der Waals surface area contributed by atoms with Crippen LogP contribution < -0.4 is 44.7 Å². The number of ether oxygens (including phenoxy) is 4. The molecule has 4 heterocycles. The number of nitrogens with one attached hydrogen (secondary N) is 1. The number of fused-ring (bicyclic) bond motifs is 2. The zero-order valence-electron chi connectivity index (χ0n) is 30.3. The number of carbonyl (C=O) groups is 2. The summed E-state index contributed by atoms with van der Waals surface area (Å²) in [7, 11) is 6.79. The molecule has 2 aromatic carbocycles. The summed E-state index contributed by atoms with van der Waals surface area (Å²) in [6.07, 6.45) is 5.28. The molecule has 0 bridgehead atoms. The lowest BCUT2D eigenvalue weighted by Crippen LogP contribution is -2.50. The molecule has 278 valence electrons. The topological polar surface area (TPSA) is 174 Å². The van der Waals surface area contributed by atoms with Gasteiger partial charge in [0.2, 0.25) is 18.3 Å². The number of piperidine rings is 1. The van der Waals surface area contributed by atoms with E-state index in [-0.39, 0.29) is 12.5 Å². The largest absolute Gasteiger partial charge is 0.493 e. The highest BCUT2D eigenvalue weighted by Gasteiger charge is 2.26. The minimum absolute atomic E-state index is 0.0103. The summed E-state index contributed by atoms with van der Waals surface area (Å²) in [5, 5.41) is 4.51. The number of carbonyl (C=O) groups excluding carboxylic acids is 2. The lowest BCUT2D eigenvalue weighted by Gasteiger charge is -2.35. The van der Waals surface area contributed by atoms with Crippen molar-refractivity contribution >= 4 is 51.7 Å². The molecule has 3 N–H and O–H groups in total. The maximum absolute atomic E-state index is 12.1. The van der Waals surface area contributed by atoms with Crippen LogP contribution in [0, 0.1) is 5.92 Å². The van der Waals surface area contributed by atoms with Crippen molar-refractivity contribution in [3.63, 3.8) is 0 Å². The molecule has 52 heavy (non-hydrogen) atoms. The number of nitrogens with two attached hydrogens (primary N) is 1. The summed E-state index contributed by atoms with van der Waals surface area (Å²) in [6, 6.07) is 7.61. The molecule has 2 aliphatic heterocycles. The van der Waals surface area contributed by atoms with Crippen LogP contribution in [0.3, 0.4) is 0 Å². The monoisotopic (exact) mass is 716 g/mol. The van der Waals surface area contributed by atoms with Gasteiger partial charge < -0.3 is 49.6 Å². The van der Waals surface area contributed by atoms with Crippen LogP contribution in [0.2, 0.25) is 0 Å². The Morgan fingerprint density at radius 3 is 2.17 bits per heavy atom. The molecule has 2 saturated heterocycles. The highest BCUT2D eigenvalue weighted by Crippen LogP contribution is 2.38. The van der Waals surface area contributed by atoms with E-state index in [4.69, 9.17) is 34.6 Å². The number of methoxy groups -OCH3 is 3. The number of aromatic nitrogens is 4. The molecular formula is C36H48N10O6. The van der Waals surface area contributed by atoms with Crippen LogP contribution >= 0.6 is 0 Å². The van der Waals surface area contributed by atoms with Crippen molar-refractivity contribution in [3.8, 4) is 23.0 Å². The molecule has 2 fully saturated rings. The Balaban J connectivity index is 1.18. The predicted molar refractivity (Wildman–Crippen MR) is 199 cm³/mol. The highest BCUT2D eigenvalue weighted by molar-refractivity contribution is 5.94.